The highest BCUT2D eigenvalue weighted by Gasteiger charge is 2.13. The summed E-state index contributed by atoms with van der Waals surface area (Å²) in [5.74, 6) is 0.385. The molecule has 0 saturated carbocycles. The monoisotopic (exact) mass is 336 g/mol. The number of benzene rings is 1. The third-order valence-corrected chi connectivity index (χ3v) is 4.33. The minimum atomic E-state index is -0.257. The van der Waals surface area contributed by atoms with Crippen LogP contribution in [-0.4, -0.2) is 34.9 Å². The van der Waals surface area contributed by atoms with E-state index in [1.165, 1.54) is 23.7 Å². The Bertz CT molecular complexity index is 644. The number of anilines is 1. The molecule has 0 aliphatic carbocycles. The fourth-order valence-corrected chi connectivity index (χ4v) is 2.60. The van der Waals surface area contributed by atoms with Crippen molar-refractivity contribution in [3.05, 3.63) is 41.5 Å². The van der Waals surface area contributed by atoms with Crippen molar-refractivity contribution >= 4 is 22.6 Å². The van der Waals surface area contributed by atoms with Gasteiger partial charge in [-0.15, -0.1) is 0 Å². The number of amides is 1. The van der Waals surface area contributed by atoms with E-state index in [0.717, 1.165) is 12.0 Å². The number of nitrogens with zero attached hydrogens (tertiary/aromatic N) is 3. The van der Waals surface area contributed by atoms with Gasteiger partial charge in [0.2, 0.25) is 11.0 Å². The zero-order chi connectivity index (χ0) is 16.8. The lowest BCUT2D eigenvalue weighted by Crippen LogP contribution is -2.39. The summed E-state index contributed by atoms with van der Waals surface area (Å²) in [6, 6.07) is 6.46. The SMILES string of the molecule is CCC(C)NC(=O)CN(C)c1nc(Cc2ccc(F)cc2)ns1. The van der Waals surface area contributed by atoms with Crippen molar-refractivity contribution in [2.45, 2.75) is 32.7 Å². The van der Waals surface area contributed by atoms with Crippen molar-refractivity contribution in [1.82, 2.24) is 14.7 Å². The average molecular weight is 336 g/mol. The van der Waals surface area contributed by atoms with Crippen molar-refractivity contribution < 1.29 is 9.18 Å². The zero-order valence-electron chi connectivity index (χ0n) is 13.5. The number of halogens is 1. The van der Waals surface area contributed by atoms with Gasteiger partial charge in [-0.2, -0.15) is 4.37 Å². The summed E-state index contributed by atoms with van der Waals surface area (Å²) in [6.45, 7) is 4.25. The molecule has 23 heavy (non-hydrogen) atoms. The van der Waals surface area contributed by atoms with Crippen molar-refractivity contribution in [2.75, 3.05) is 18.5 Å². The summed E-state index contributed by atoms with van der Waals surface area (Å²) in [6.07, 6.45) is 1.44. The molecule has 0 bridgehead atoms. The van der Waals surface area contributed by atoms with Crippen LogP contribution in [-0.2, 0) is 11.2 Å². The van der Waals surface area contributed by atoms with Crippen LogP contribution in [0.2, 0.25) is 0 Å². The van der Waals surface area contributed by atoms with E-state index in [1.54, 1.807) is 17.0 Å². The van der Waals surface area contributed by atoms with Crippen LogP contribution in [0.25, 0.3) is 0 Å². The van der Waals surface area contributed by atoms with Gasteiger partial charge in [-0.25, -0.2) is 9.37 Å². The number of carbonyl (C=O) groups is 1. The summed E-state index contributed by atoms with van der Waals surface area (Å²) in [5.41, 5.74) is 0.952. The van der Waals surface area contributed by atoms with E-state index < -0.39 is 0 Å². The van der Waals surface area contributed by atoms with Gasteiger partial charge in [0.1, 0.15) is 11.6 Å². The molecule has 0 saturated heterocycles. The normalized spacial score (nSPS) is 12.0. The molecule has 0 aliphatic rings. The number of aromatic nitrogens is 2. The van der Waals surface area contributed by atoms with Gasteiger partial charge in [-0.3, -0.25) is 4.79 Å². The second-order valence-electron chi connectivity index (χ2n) is 5.53. The molecule has 0 aliphatic heterocycles. The lowest BCUT2D eigenvalue weighted by atomic mass is 10.1. The van der Waals surface area contributed by atoms with Crippen LogP contribution >= 0.6 is 11.5 Å². The molecule has 1 aromatic carbocycles. The minimum Gasteiger partial charge on any atom is -0.352 e. The van der Waals surface area contributed by atoms with Crippen molar-refractivity contribution in [2.24, 2.45) is 0 Å². The summed E-state index contributed by atoms with van der Waals surface area (Å²) in [7, 11) is 1.82. The number of carbonyl (C=O) groups excluding carboxylic acids is 1. The van der Waals surface area contributed by atoms with Crippen LogP contribution in [0.4, 0.5) is 9.52 Å². The molecular weight excluding hydrogens is 315 g/mol. The molecular formula is C16H21FN4OS. The number of hydrogen-bond donors (Lipinski definition) is 1. The molecule has 0 fully saturated rings. The standard InChI is InChI=1S/C16H21FN4OS/c1-4-11(2)18-15(22)10-21(3)16-19-14(20-23-16)9-12-5-7-13(17)8-6-12/h5-8,11H,4,9-10H2,1-3H3,(H,18,22). The van der Waals surface area contributed by atoms with Crippen molar-refractivity contribution in [1.29, 1.82) is 0 Å². The van der Waals surface area contributed by atoms with Gasteiger partial charge in [0, 0.05) is 31.0 Å². The largest absolute Gasteiger partial charge is 0.352 e. The average Bonchev–Trinajstić information content (AvgIpc) is 2.98. The van der Waals surface area contributed by atoms with Crippen molar-refractivity contribution in [3.63, 3.8) is 0 Å². The fraction of sp³-hybridized carbons (Fsp3) is 0.438. The third-order valence-electron chi connectivity index (χ3n) is 3.46. The Hall–Kier alpha value is -2.02. The molecule has 1 aromatic heterocycles. The summed E-state index contributed by atoms with van der Waals surface area (Å²) >= 11 is 1.26. The van der Waals surface area contributed by atoms with Gasteiger partial charge in [0.05, 0.1) is 6.54 Å². The molecule has 5 nitrogen and oxygen atoms in total. The van der Waals surface area contributed by atoms with E-state index in [9.17, 15) is 9.18 Å². The maximum absolute atomic E-state index is 12.9. The molecule has 0 spiro atoms. The summed E-state index contributed by atoms with van der Waals surface area (Å²) in [5, 5.41) is 3.62. The van der Waals surface area contributed by atoms with Gasteiger partial charge in [-0.1, -0.05) is 19.1 Å². The lowest BCUT2D eigenvalue weighted by molar-refractivity contribution is -0.120. The first kappa shape index (κ1) is 17.3. The topological polar surface area (TPSA) is 58.1 Å². The van der Waals surface area contributed by atoms with Gasteiger partial charge in [0.25, 0.3) is 0 Å². The highest BCUT2D eigenvalue weighted by molar-refractivity contribution is 7.09. The minimum absolute atomic E-state index is 0.0304. The van der Waals surface area contributed by atoms with Gasteiger partial charge in [-0.05, 0) is 31.0 Å². The smallest absolute Gasteiger partial charge is 0.239 e. The Morgan fingerprint density at radius 2 is 2.09 bits per heavy atom. The number of nitrogens with one attached hydrogen (secondary N) is 1. The first-order chi connectivity index (χ1) is 11.0. The molecule has 2 rings (SSSR count). The van der Waals surface area contributed by atoms with Gasteiger partial charge >= 0.3 is 0 Å². The van der Waals surface area contributed by atoms with Crippen LogP contribution in [0.5, 0.6) is 0 Å². The maximum atomic E-state index is 12.9. The predicted octanol–water partition coefficient (Wildman–Crippen LogP) is 2.62. The fourth-order valence-electron chi connectivity index (χ4n) is 1.96. The van der Waals surface area contributed by atoms with Crippen LogP contribution in [0.3, 0.4) is 0 Å². The van der Waals surface area contributed by atoms with E-state index >= 15 is 0 Å². The van der Waals surface area contributed by atoms with Crippen LogP contribution in [0.15, 0.2) is 24.3 Å². The van der Waals surface area contributed by atoms with E-state index in [4.69, 9.17) is 0 Å². The van der Waals surface area contributed by atoms with Crippen molar-refractivity contribution in [3.8, 4) is 0 Å². The Kier molecular flexibility index (Phi) is 6.04. The van der Waals surface area contributed by atoms with E-state index in [2.05, 4.69) is 14.7 Å². The van der Waals surface area contributed by atoms with E-state index in [0.29, 0.717) is 17.4 Å². The summed E-state index contributed by atoms with van der Waals surface area (Å²) < 4.78 is 17.2. The summed E-state index contributed by atoms with van der Waals surface area (Å²) in [4.78, 5) is 18.1. The molecule has 2 aromatic rings. The molecule has 1 heterocycles. The highest BCUT2D eigenvalue weighted by atomic mass is 32.1. The lowest BCUT2D eigenvalue weighted by Gasteiger charge is -2.17. The van der Waals surface area contributed by atoms with E-state index in [-0.39, 0.29) is 24.3 Å². The number of likely N-dealkylation sites (N-methyl/N-ethyl adjacent to an activating group) is 1. The number of hydrogen-bond acceptors (Lipinski definition) is 5. The third kappa shape index (κ3) is 5.28. The van der Waals surface area contributed by atoms with Crippen LogP contribution in [0.1, 0.15) is 31.7 Å². The zero-order valence-corrected chi connectivity index (χ0v) is 14.4. The second-order valence-corrected chi connectivity index (χ2v) is 6.26. The van der Waals surface area contributed by atoms with Gasteiger partial charge < -0.3 is 10.2 Å². The Morgan fingerprint density at radius 3 is 2.74 bits per heavy atom. The second kappa shape index (κ2) is 8.01. The molecule has 124 valence electrons. The van der Waals surface area contributed by atoms with Crippen LogP contribution in [0, 0.1) is 5.82 Å². The first-order valence-corrected chi connectivity index (χ1v) is 8.32. The molecule has 0 radical (unpaired) electrons. The molecule has 7 heteroatoms. The quantitative estimate of drug-likeness (QED) is 0.844. The molecule has 1 atom stereocenters. The molecule has 1 amide bonds. The maximum Gasteiger partial charge on any atom is 0.239 e. The Balaban J connectivity index is 1.92. The van der Waals surface area contributed by atoms with E-state index in [1.807, 2.05) is 20.9 Å². The van der Waals surface area contributed by atoms with Gasteiger partial charge in [0.15, 0.2) is 0 Å². The van der Waals surface area contributed by atoms with Crippen LogP contribution < -0.4 is 10.2 Å². The molecule has 1 N–H and O–H groups in total. The predicted molar refractivity (Wildman–Crippen MR) is 90.3 cm³/mol. The Labute approximate surface area is 139 Å². The number of rotatable bonds is 7. The molecule has 1 unspecified atom stereocenters. The first-order valence-electron chi connectivity index (χ1n) is 7.55. The Morgan fingerprint density at radius 1 is 1.39 bits per heavy atom. The highest BCUT2D eigenvalue weighted by Crippen LogP contribution is 2.17.